The van der Waals surface area contributed by atoms with E-state index < -0.39 is 16.1 Å². The van der Waals surface area contributed by atoms with E-state index >= 15 is 0 Å². The van der Waals surface area contributed by atoms with E-state index in [-0.39, 0.29) is 11.0 Å². The van der Waals surface area contributed by atoms with E-state index in [9.17, 15) is 8.42 Å². The lowest BCUT2D eigenvalue weighted by Crippen LogP contribution is -2.00. The molecule has 0 rings (SSSR count). The van der Waals surface area contributed by atoms with Crippen molar-refractivity contribution < 1.29 is 29.0 Å². The zero-order valence-electron chi connectivity index (χ0n) is 3.83. The minimum absolute atomic E-state index is 0. The molecule has 54 valence electrons. The van der Waals surface area contributed by atoms with Gasteiger partial charge in [0.1, 0.15) is 0 Å². The van der Waals surface area contributed by atoms with Crippen LogP contribution in [0.1, 0.15) is 0 Å². The molecule has 0 atom stereocenters. The Bertz CT molecular complexity index is 110. The number of aliphatic hydroxyl groups excluding tert-OH is 1. The molecule has 0 aliphatic carbocycles. The second-order valence-corrected chi connectivity index (χ2v) is 2.13. The van der Waals surface area contributed by atoms with Crippen LogP contribution >= 0.6 is 0 Å². The van der Waals surface area contributed by atoms with E-state index in [2.05, 4.69) is 0 Å². The first kappa shape index (κ1) is 15.7. The van der Waals surface area contributed by atoms with E-state index in [0.717, 1.165) is 0 Å². The van der Waals surface area contributed by atoms with Crippen LogP contribution in [0.25, 0.3) is 0 Å². The summed E-state index contributed by atoms with van der Waals surface area (Å²) in [6, 6.07) is 0. The summed E-state index contributed by atoms with van der Waals surface area (Å²) in [5.74, 6) is -1.20. The standard InChI is InChI=1S/CH4O4S.2H2O/c2-1-6(3,4)5;;/h2H,1H2,(H,3,4,5);2*1H2. The third kappa shape index (κ3) is 17.1. The van der Waals surface area contributed by atoms with Crippen molar-refractivity contribution in [2.75, 3.05) is 5.94 Å². The van der Waals surface area contributed by atoms with Crippen molar-refractivity contribution in [3.8, 4) is 0 Å². The fourth-order valence-electron chi connectivity index (χ4n) is 0. The number of hydrogen-bond acceptors (Lipinski definition) is 3. The third-order valence-corrected chi connectivity index (χ3v) is 0.489. The topological polar surface area (TPSA) is 138 Å². The van der Waals surface area contributed by atoms with Crippen LogP contribution in [0.4, 0.5) is 0 Å². The minimum Gasteiger partial charge on any atom is -0.412 e. The van der Waals surface area contributed by atoms with Crippen LogP contribution in [-0.2, 0) is 10.1 Å². The van der Waals surface area contributed by atoms with Gasteiger partial charge in [-0.15, -0.1) is 0 Å². The van der Waals surface area contributed by atoms with Crippen molar-refractivity contribution in [3.63, 3.8) is 0 Å². The average molecular weight is 148 g/mol. The Balaban J connectivity index is -0.000000125. The molecule has 0 aromatic heterocycles. The lowest BCUT2D eigenvalue weighted by molar-refractivity contribution is 0.336. The first-order valence-electron chi connectivity index (χ1n) is 1.12. The second kappa shape index (κ2) is 4.94. The maximum absolute atomic E-state index is 9.31. The molecule has 0 unspecified atom stereocenters. The van der Waals surface area contributed by atoms with Crippen LogP contribution < -0.4 is 0 Å². The Hall–Kier alpha value is -0.210. The molecule has 0 fully saturated rings. The Kier molecular flexibility index (Phi) is 9.66. The maximum atomic E-state index is 9.31. The van der Waals surface area contributed by atoms with Crippen LogP contribution in [0, 0.1) is 0 Å². The molecule has 0 saturated carbocycles. The SMILES string of the molecule is O.O.O=S(=O)(O)CO. The molecular weight excluding hydrogens is 140 g/mol. The molecule has 0 aromatic rings. The summed E-state index contributed by atoms with van der Waals surface area (Å²) in [6.07, 6.45) is 0. The highest BCUT2D eigenvalue weighted by atomic mass is 32.2. The van der Waals surface area contributed by atoms with Crippen molar-refractivity contribution in [2.45, 2.75) is 0 Å². The van der Waals surface area contributed by atoms with Crippen LogP contribution in [0.2, 0.25) is 0 Å². The molecule has 0 radical (unpaired) electrons. The first-order chi connectivity index (χ1) is 2.56. The van der Waals surface area contributed by atoms with E-state index in [1.165, 1.54) is 0 Å². The molecule has 8 heavy (non-hydrogen) atoms. The Morgan fingerprint density at radius 1 is 1.25 bits per heavy atom. The van der Waals surface area contributed by atoms with E-state index in [4.69, 9.17) is 9.66 Å². The van der Waals surface area contributed by atoms with Crippen LogP contribution in [-0.4, -0.2) is 35.0 Å². The van der Waals surface area contributed by atoms with Gasteiger partial charge < -0.3 is 16.1 Å². The summed E-state index contributed by atoms with van der Waals surface area (Å²) < 4.78 is 26.2. The third-order valence-electron chi connectivity index (χ3n) is 0.163. The lowest BCUT2D eigenvalue weighted by Gasteiger charge is -1.79. The van der Waals surface area contributed by atoms with Gasteiger partial charge in [-0.05, 0) is 0 Å². The fourth-order valence-corrected chi connectivity index (χ4v) is 0. The quantitative estimate of drug-likeness (QED) is 0.387. The van der Waals surface area contributed by atoms with Gasteiger partial charge >= 0.3 is 0 Å². The summed E-state index contributed by atoms with van der Waals surface area (Å²) in [6.45, 7) is 0. The average Bonchev–Trinajstić information content (AvgIpc) is 1.35. The van der Waals surface area contributed by atoms with Crippen LogP contribution in [0.3, 0.4) is 0 Å². The molecule has 0 aromatic carbocycles. The normalized spacial score (nSPS) is 8.75. The molecule has 0 amide bonds. The van der Waals surface area contributed by atoms with Gasteiger partial charge in [0.2, 0.25) is 0 Å². The van der Waals surface area contributed by atoms with Gasteiger partial charge in [0, 0.05) is 0 Å². The zero-order valence-corrected chi connectivity index (χ0v) is 4.64. The van der Waals surface area contributed by atoms with Crippen molar-refractivity contribution in [2.24, 2.45) is 0 Å². The molecule has 7 heteroatoms. The van der Waals surface area contributed by atoms with Gasteiger partial charge in [0.25, 0.3) is 10.1 Å². The molecular formula is CH8O6S. The number of aliphatic hydroxyl groups is 1. The van der Waals surface area contributed by atoms with Gasteiger partial charge in [0.05, 0.1) is 0 Å². The Morgan fingerprint density at radius 3 is 1.38 bits per heavy atom. The highest BCUT2D eigenvalue weighted by molar-refractivity contribution is 7.85. The van der Waals surface area contributed by atoms with Crippen molar-refractivity contribution in [3.05, 3.63) is 0 Å². The largest absolute Gasteiger partial charge is 0.412 e. The van der Waals surface area contributed by atoms with Gasteiger partial charge in [0.15, 0.2) is 5.94 Å². The van der Waals surface area contributed by atoms with Gasteiger partial charge in [-0.25, -0.2) is 0 Å². The summed E-state index contributed by atoms with van der Waals surface area (Å²) >= 11 is 0. The van der Waals surface area contributed by atoms with Crippen molar-refractivity contribution in [1.82, 2.24) is 0 Å². The van der Waals surface area contributed by atoms with Crippen molar-refractivity contribution in [1.29, 1.82) is 0 Å². The molecule has 0 bridgehead atoms. The summed E-state index contributed by atoms with van der Waals surface area (Å²) in [5.41, 5.74) is 0. The summed E-state index contributed by atoms with van der Waals surface area (Å²) in [4.78, 5) is 0. The smallest absolute Gasteiger partial charge is 0.289 e. The predicted molar refractivity (Wildman–Crippen MR) is 25.9 cm³/mol. The molecule has 0 spiro atoms. The molecule has 0 heterocycles. The highest BCUT2D eigenvalue weighted by Crippen LogP contribution is 1.70. The Labute approximate surface area is 46.1 Å². The number of rotatable bonds is 1. The molecule has 6 N–H and O–H groups in total. The van der Waals surface area contributed by atoms with Crippen LogP contribution in [0.15, 0.2) is 0 Å². The predicted octanol–water partition coefficient (Wildman–Crippen LogP) is -2.83. The van der Waals surface area contributed by atoms with E-state index in [1.807, 2.05) is 0 Å². The highest BCUT2D eigenvalue weighted by Gasteiger charge is 1.95. The fraction of sp³-hybridized carbons (Fsp3) is 1.00. The molecule has 6 nitrogen and oxygen atoms in total. The molecule has 0 aliphatic heterocycles. The second-order valence-electron chi connectivity index (χ2n) is 0.711. The zero-order chi connectivity index (χ0) is 5.21. The van der Waals surface area contributed by atoms with E-state index in [0.29, 0.717) is 0 Å². The van der Waals surface area contributed by atoms with Crippen LogP contribution in [0.5, 0.6) is 0 Å². The molecule has 0 aliphatic rings. The number of hydrogen-bond donors (Lipinski definition) is 2. The molecule has 0 saturated heterocycles. The Morgan fingerprint density at radius 2 is 1.38 bits per heavy atom. The summed E-state index contributed by atoms with van der Waals surface area (Å²) in [5, 5.41) is 7.56. The van der Waals surface area contributed by atoms with Crippen molar-refractivity contribution >= 4 is 10.1 Å². The summed E-state index contributed by atoms with van der Waals surface area (Å²) in [7, 11) is -4.11. The van der Waals surface area contributed by atoms with Gasteiger partial charge in [-0.2, -0.15) is 8.42 Å². The lowest BCUT2D eigenvalue weighted by atomic mass is 11.7. The maximum Gasteiger partial charge on any atom is 0.289 e. The van der Waals surface area contributed by atoms with E-state index in [1.54, 1.807) is 0 Å². The minimum atomic E-state index is -4.11. The monoisotopic (exact) mass is 148 g/mol. The van der Waals surface area contributed by atoms with Gasteiger partial charge in [-0.3, -0.25) is 4.55 Å². The first-order valence-corrected chi connectivity index (χ1v) is 2.73. The van der Waals surface area contributed by atoms with Gasteiger partial charge in [-0.1, -0.05) is 0 Å².